The summed E-state index contributed by atoms with van der Waals surface area (Å²) in [7, 11) is -1.63. The zero-order valence-electron chi connectivity index (χ0n) is 14.2. The number of nitrogens with one attached hydrogen (secondary N) is 3. The van der Waals surface area contributed by atoms with Crippen LogP contribution in [-0.4, -0.2) is 34.2 Å². The van der Waals surface area contributed by atoms with E-state index in [1.54, 1.807) is 25.4 Å². The van der Waals surface area contributed by atoms with E-state index in [-0.39, 0.29) is 24.0 Å². The summed E-state index contributed by atoms with van der Waals surface area (Å²) in [4.78, 5) is 4.15. The lowest BCUT2D eigenvalue weighted by Crippen LogP contribution is -2.38. The van der Waals surface area contributed by atoms with Gasteiger partial charge in [0.15, 0.2) is 5.96 Å². The highest BCUT2D eigenvalue weighted by atomic mass is 127. The van der Waals surface area contributed by atoms with Gasteiger partial charge in [-0.05, 0) is 23.8 Å². The van der Waals surface area contributed by atoms with Crippen molar-refractivity contribution >= 4 is 45.6 Å². The Bertz CT molecular complexity index is 776. The number of guanidine groups is 1. The highest BCUT2D eigenvalue weighted by Crippen LogP contribution is 2.15. The molecule has 7 nitrogen and oxygen atoms in total. The molecule has 1 aromatic carbocycles. The topological polar surface area (TPSA) is 95.7 Å². The molecule has 0 atom stereocenters. The van der Waals surface area contributed by atoms with Gasteiger partial charge < -0.3 is 15.1 Å². The van der Waals surface area contributed by atoms with Gasteiger partial charge in [0.1, 0.15) is 5.76 Å². The molecule has 0 fully saturated rings. The van der Waals surface area contributed by atoms with Crippen LogP contribution in [0.3, 0.4) is 0 Å². The SMILES string of the molecule is CN=C(NCCc1ccco1)NCc1ccccc1NS(C)(=O)=O.I. The zero-order chi connectivity index (χ0) is 17.4. The van der Waals surface area contributed by atoms with Crippen LogP contribution in [0.5, 0.6) is 0 Å². The van der Waals surface area contributed by atoms with Crippen molar-refractivity contribution in [1.29, 1.82) is 0 Å². The Morgan fingerprint density at radius 2 is 1.92 bits per heavy atom. The minimum absolute atomic E-state index is 0. The Morgan fingerprint density at radius 1 is 1.16 bits per heavy atom. The van der Waals surface area contributed by atoms with Crippen LogP contribution in [0.4, 0.5) is 5.69 Å². The molecule has 3 N–H and O–H groups in total. The molecule has 138 valence electrons. The number of sulfonamides is 1. The van der Waals surface area contributed by atoms with E-state index in [1.807, 2.05) is 24.3 Å². The Balaban J connectivity index is 0.00000312. The average molecular weight is 478 g/mol. The molecule has 1 heterocycles. The first-order chi connectivity index (χ1) is 11.5. The number of para-hydroxylation sites is 1. The van der Waals surface area contributed by atoms with Crippen LogP contribution in [0.25, 0.3) is 0 Å². The van der Waals surface area contributed by atoms with Crippen LogP contribution in [-0.2, 0) is 23.0 Å². The van der Waals surface area contributed by atoms with Crippen LogP contribution < -0.4 is 15.4 Å². The number of furan rings is 1. The number of rotatable bonds is 7. The first-order valence-corrected chi connectivity index (χ1v) is 9.39. The van der Waals surface area contributed by atoms with Crippen molar-refractivity contribution in [3.8, 4) is 0 Å². The Morgan fingerprint density at radius 3 is 2.56 bits per heavy atom. The van der Waals surface area contributed by atoms with Crippen molar-refractivity contribution in [3.63, 3.8) is 0 Å². The van der Waals surface area contributed by atoms with Crippen LogP contribution in [0.1, 0.15) is 11.3 Å². The fraction of sp³-hybridized carbons (Fsp3) is 0.312. The molecule has 25 heavy (non-hydrogen) atoms. The van der Waals surface area contributed by atoms with E-state index < -0.39 is 10.0 Å². The molecule has 1 aromatic heterocycles. The second-order valence-electron chi connectivity index (χ2n) is 5.21. The van der Waals surface area contributed by atoms with Crippen molar-refractivity contribution in [2.75, 3.05) is 24.6 Å². The van der Waals surface area contributed by atoms with Gasteiger partial charge in [0.25, 0.3) is 0 Å². The van der Waals surface area contributed by atoms with E-state index in [1.165, 1.54) is 0 Å². The summed E-state index contributed by atoms with van der Waals surface area (Å²) in [6, 6.07) is 11.0. The van der Waals surface area contributed by atoms with Gasteiger partial charge in [-0.2, -0.15) is 0 Å². The molecule has 0 saturated heterocycles. The van der Waals surface area contributed by atoms with Crippen molar-refractivity contribution in [3.05, 3.63) is 54.0 Å². The first kappa shape index (κ1) is 21.3. The normalized spacial score (nSPS) is 11.5. The van der Waals surface area contributed by atoms with Gasteiger partial charge >= 0.3 is 0 Å². The number of aliphatic imine (C=N–C) groups is 1. The number of nitrogens with zero attached hydrogens (tertiary/aromatic N) is 1. The fourth-order valence-corrected chi connectivity index (χ4v) is 2.73. The molecule has 0 aliphatic carbocycles. The predicted octanol–water partition coefficient (Wildman–Crippen LogP) is 2.18. The molecule has 0 aliphatic heterocycles. The molecule has 2 aromatic rings. The number of benzene rings is 1. The molecule has 0 amide bonds. The summed E-state index contributed by atoms with van der Waals surface area (Å²) in [5, 5.41) is 6.35. The van der Waals surface area contributed by atoms with Gasteiger partial charge in [-0.25, -0.2) is 8.42 Å². The minimum atomic E-state index is -3.32. The summed E-state index contributed by atoms with van der Waals surface area (Å²) in [6.07, 6.45) is 3.53. The second kappa shape index (κ2) is 10.3. The average Bonchev–Trinajstić information content (AvgIpc) is 3.04. The number of halogens is 1. The Hall–Kier alpha value is -1.75. The Labute approximate surface area is 165 Å². The van der Waals surface area contributed by atoms with Gasteiger partial charge in [-0.1, -0.05) is 18.2 Å². The third-order valence-electron chi connectivity index (χ3n) is 3.23. The van der Waals surface area contributed by atoms with Crippen molar-refractivity contribution < 1.29 is 12.8 Å². The van der Waals surface area contributed by atoms with Crippen LogP contribution >= 0.6 is 24.0 Å². The Kier molecular flexibility index (Phi) is 8.76. The highest BCUT2D eigenvalue weighted by Gasteiger charge is 2.07. The summed E-state index contributed by atoms with van der Waals surface area (Å²) >= 11 is 0. The van der Waals surface area contributed by atoms with E-state index in [9.17, 15) is 8.42 Å². The number of hydrogen-bond acceptors (Lipinski definition) is 4. The number of anilines is 1. The summed E-state index contributed by atoms with van der Waals surface area (Å²) < 4.78 is 30.6. The van der Waals surface area contributed by atoms with Crippen molar-refractivity contribution in [1.82, 2.24) is 10.6 Å². The predicted molar refractivity (Wildman–Crippen MR) is 111 cm³/mol. The smallest absolute Gasteiger partial charge is 0.229 e. The highest BCUT2D eigenvalue weighted by molar-refractivity contribution is 14.0. The van der Waals surface area contributed by atoms with E-state index in [0.29, 0.717) is 24.7 Å². The maximum Gasteiger partial charge on any atom is 0.229 e. The standard InChI is InChI=1S/C16H22N4O3S.HI/c1-17-16(18-10-9-14-7-5-11-23-14)19-12-13-6-3-4-8-15(13)20-24(2,21)22;/h3-8,11,20H,9-10,12H2,1-2H3,(H2,17,18,19);1H. The van der Waals surface area contributed by atoms with Gasteiger partial charge in [0.2, 0.25) is 10.0 Å². The van der Waals surface area contributed by atoms with E-state index >= 15 is 0 Å². The molecule has 0 spiro atoms. The minimum Gasteiger partial charge on any atom is -0.469 e. The van der Waals surface area contributed by atoms with E-state index in [4.69, 9.17) is 4.42 Å². The van der Waals surface area contributed by atoms with Crippen molar-refractivity contribution in [2.24, 2.45) is 4.99 Å². The second-order valence-corrected chi connectivity index (χ2v) is 6.96. The zero-order valence-corrected chi connectivity index (χ0v) is 17.3. The quantitative estimate of drug-likeness (QED) is 0.322. The molecule has 0 bridgehead atoms. The largest absolute Gasteiger partial charge is 0.469 e. The lowest BCUT2D eigenvalue weighted by Gasteiger charge is -2.14. The third-order valence-corrected chi connectivity index (χ3v) is 3.82. The maximum atomic E-state index is 11.4. The fourth-order valence-electron chi connectivity index (χ4n) is 2.13. The monoisotopic (exact) mass is 478 g/mol. The maximum absolute atomic E-state index is 11.4. The molecule has 0 radical (unpaired) electrons. The van der Waals surface area contributed by atoms with Crippen LogP contribution in [0, 0.1) is 0 Å². The molecule has 9 heteroatoms. The summed E-state index contributed by atoms with van der Waals surface area (Å²) in [6.45, 7) is 1.12. The van der Waals surface area contributed by atoms with Crippen LogP contribution in [0.2, 0.25) is 0 Å². The van der Waals surface area contributed by atoms with Crippen LogP contribution in [0.15, 0.2) is 52.1 Å². The van der Waals surface area contributed by atoms with Gasteiger partial charge in [-0.15, -0.1) is 24.0 Å². The van der Waals surface area contributed by atoms with Gasteiger partial charge in [-0.3, -0.25) is 9.71 Å². The van der Waals surface area contributed by atoms with Gasteiger partial charge in [0.05, 0.1) is 18.2 Å². The summed E-state index contributed by atoms with van der Waals surface area (Å²) in [5.74, 6) is 1.54. The van der Waals surface area contributed by atoms with E-state index in [2.05, 4.69) is 20.3 Å². The molecule has 0 saturated carbocycles. The molecule has 2 rings (SSSR count). The molecular weight excluding hydrogens is 455 g/mol. The molecule has 0 unspecified atom stereocenters. The third kappa shape index (κ3) is 7.78. The lowest BCUT2D eigenvalue weighted by molar-refractivity contribution is 0.507. The number of hydrogen-bond donors (Lipinski definition) is 3. The lowest BCUT2D eigenvalue weighted by atomic mass is 10.2. The molecule has 0 aliphatic rings. The first-order valence-electron chi connectivity index (χ1n) is 7.50. The van der Waals surface area contributed by atoms with Crippen molar-refractivity contribution in [2.45, 2.75) is 13.0 Å². The molecular formula is C16H23IN4O3S. The van der Waals surface area contributed by atoms with Gasteiger partial charge in [0, 0.05) is 26.6 Å². The van der Waals surface area contributed by atoms with E-state index in [0.717, 1.165) is 24.0 Å². The summed E-state index contributed by atoms with van der Waals surface area (Å²) in [5.41, 5.74) is 1.38.